The summed E-state index contributed by atoms with van der Waals surface area (Å²) in [6.45, 7) is 4.73. The molecule has 1 fully saturated rings. The third-order valence-electron chi connectivity index (χ3n) is 7.18. The molecule has 2 aromatic rings. The number of ether oxygens (including phenoxy) is 1. The van der Waals surface area contributed by atoms with Crippen LogP contribution in [0.3, 0.4) is 0 Å². The van der Waals surface area contributed by atoms with Crippen LogP contribution < -0.4 is 5.32 Å². The first-order valence-corrected chi connectivity index (χ1v) is 12.5. The molecule has 186 valence electrons. The fraction of sp³-hybridized carbons (Fsp3) is 0.464. The average molecular weight is 479 g/mol. The zero-order chi connectivity index (χ0) is 24.9. The number of aliphatic carboxylic acids is 1. The molecule has 7 nitrogen and oxygen atoms in total. The fourth-order valence-corrected chi connectivity index (χ4v) is 4.78. The van der Waals surface area contributed by atoms with Crippen LogP contribution in [0.25, 0.3) is 11.1 Å². The third kappa shape index (κ3) is 5.84. The second kappa shape index (κ2) is 10.9. The van der Waals surface area contributed by atoms with Crippen LogP contribution in [0, 0.1) is 11.8 Å². The Hall–Kier alpha value is -3.35. The number of hydrogen-bond donors (Lipinski definition) is 2. The van der Waals surface area contributed by atoms with Gasteiger partial charge in [0.25, 0.3) is 0 Å². The number of carbonyl (C=O) groups excluding carboxylic acids is 2. The van der Waals surface area contributed by atoms with Gasteiger partial charge < -0.3 is 20.1 Å². The van der Waals surface area contributed by atoms with E-state index in [1.165, 1.54) is 0 Å². The molecule has 4 rings (SSSR count). The van der Waals surface area contributed by atoms with Crippen molar-refractivity contribution in [1.29, 1.82) is 0 Å². The molecule has 0 saturated heterocycles. The number of alkyl carbamates (subject to hydrolysis) is 1. The predicted octanol–water partition coefficient (Wildman–Crippen LogP) is 4.65. The number of amides is 2. The van der Waals surface area contributed by atoms with Crippen molar-refractivity contribution >= 4 is 18.0 Å². The van der Waals surface area contributed by atoms with Crippen LogP contribution in [0.2, 0.25) is 0 Å². The van der Waals surface area contributed by atoms with Gasteiger partial charge in [0.05, 0.1) is 6.42 Å². The highest BCUT2D eigenvalue weighted by atomic mass is 16.5. The monoisotopic (exact) mass is 478 g/mol. The number of nitrogens with one attached hydrogen (secondary N) is 1. The Morgan fingerprint density at radius 2 is 1.66 bits per heavy atom. The molecule has 1 saturated carbocycles. The number of carboxylic acids is 1. The lowest BCUT2D eigenvalue weighted by molar-refractivity contribution is -0.139. The molecule has 0 radical (unpaired) electrons. The highest BCUT2D eigenvalue weighted by Crippen LogP contribution is 2.44. The normalized spacial score (nSPS) is 16.1. The van der Waals surface area contributed by atoms with Gasteiger partial charge in [0.2, 0.25) is 5.91 Å². The molecule has 2 amide bonds. The summed E-state index contributed by atoms with van der Waals surface area (Å²) >= 11 is 0. The van der Waals surface area contributed by atoms with Crippen LogP contribution in [0.4, 0.5) is 4.79 Å². The molecule has 0 spiro atoms. The zero-order valence-electron chi connectivity index (χ0n) is 20.4. The second-order valence-electron chi connectivity index (χ2n) is 9.70. The van der Waals surface area contributed by atoms with E-state index in [9.17, 15) is 14.4 Å². The van der Waals surface area contributed by atoms with Crippen molar-refractivity contribution in [1.82, 2.24) is 10.2 Å². The molecule has 0 aliphatic heterocycles. The minimum atomic E-state index is -0.941. The van der Waals surface area contributed by atoms with E-state index in [0.717, 1.165) is 35.1 Å². The fourth-order valence-electron chi connectivity index (χ4n) is 4.78. The van der Waals surface area contributed by atoms with Crippen molar-refractivity contribution < 1.29 is 24.2 Å². The van der Waals surface area contributed by atoms with Gasteiger partial charge in [-0.2, -0.15) is 0 Å². The van der Waals surface area contributed by atoms with E-state index < -0.39 is 18.1 Å². The van der Waals surface area contributed by atoms with Crippen LogP contribution in [-0.2, 0) is 14.3 Å². The Kier molecular flexibility index (Phi) is 7.73. The predicted molar refractivity (Wildman–Crippen MR) is 133 cm³/mol. The molecule has 35 heavy (non-hydrogen) atoms. The highest BCUT2D eigenvalue weighted by Gasteiger charge is 2.35. The van der Waals surface area contributed by atoms with E-state index in [-0.39, 0.29) is 37.3 Å². The maximum Gasteiger partial charge on any atom is 0.407 e. The van der Waals surface area contributed by atoms with Gasteiger partial charge in [0.15, 0.2) is 0 Å². The van der Waals surface area contributed by atoms with Gasteiger partial charge in [-0.15, -0.1) is 0 Å². The third-order valence-corrected chi connectivity index (χ3v) is 7.18. The Bertz CT molecular complexity index is 1040. The molecule has 1 unspecified atom stereocenters. The van der Waals surface area contributed by atoms with Crippen LogP contribution >= 0.6 is 0 Å². The highest BCUT2D eigenvalue weighted by molar-refractivity contribution is 5.86. The quantitative estimate of drug-likeness (QED) is 0.490. The minimum Gasteiger partial charge on any atom is -0.481 e. The SMILES string of the molecule is CCC(C)[C@H](NC(=O)OCC1c2ccccc2-c2ccccc21)C(=O)N(CCC(=O)O)CC1CC1. The Balaban J connectivity index is 1.43. The smallest absolute Gasteiger partial charge is 0.407 e. The Morgan fingerprint density at radius 1 is 1.06 bits per heavy atom. The van der Waals surface area contributed by atoms with Gasteiger partial charge in [-0.1, -0.05) is 68.8 Å². The van der Waals surface area contributed by atoms with Gasteiger partial charge in [-0.05, 0) is 46.9 Å². The van der Waals surface area contributed by atoms with Crippen LogP contribution in [0.15, 0.2) is 48.5 Å². The average Bonchev–Trinajstić information content (AvgIpc) is 3.63. The number of carboxylic acid groups (broad SMARTS) is 1. The molecule has 7 heteroatoms. The van der Waals surface area contributed by atoms with Crippen molar-refractivity contribution in [3.8, 4) is 11.1 Å². The lowest BCUT2D eigenvalue weighted by atomic mass is 9.97. The summed E-state index contributed by atoms with van der Waals surface area (Å²) in [4.78, 5) is 39.0. The van der Waals surface area contributed by atoms with Crippen molar-refractivity contribution in [3.63, 3.8) is 0 Å². The Labute approximate surface area is 206 Å². The van der Waals surface area contributed by atoms with Crippen LogP contribution in [0.1, 0.15) is 56.6 Å². The summed E-state index contributed by atoms with van der Waals surface area (Å²) < 4.78 is 5.67. The molecule has 2 atom stereocenters. The lowest BCUT2D eigenvalue weighted by Crippen LogP contribution is -2.52. The van der Waals surface area contributed by atoms with Crippen LogP contribution in [-0.4, -0.2) is 53.7 Å². The number of rotatable bonds is 11. The minimum absolute atomic E-state index is 0.0622. The lowest BCUT2D eigenvalue weighted by Gasteiger charge is -2.30. The van der Waals surface area contributed by atoms with E-state index in [2.05, 4.69) is 29.6 Å². The number of fused-ring (bicyclic) bond motifs is 3. The summed E-state index contributed by atoms with van der Waals surface area (Å²) in [5.41, 5.74) is 4.55. The molecular formula is C28H34N2O5. The van der Waals surface area contributed by atoms with Crippen LogP contribution in [0.5, 0.6) is 0 Å². The summed E-state index contributed by atoms with van der Waals surface area (Å²) in [7, 11) is 0. The molecule has 0 heterocycles. The molecule has 2 N–H and O–H groups in total. The first-order valence-electron chi connectivity index (χ1n) is 12.5. The molecule has 0 bridgehead atoms. The van der Waals surface area contributed by atoms with E-state index in [4.69, 9.17) is 9.84 Å². The molecule has 0 aromatic heterocycles. The van der Waals surface area contributed by atoms with E-state index in [0.29, 0.717) is 18.9 Å². The summed E-state index contributed by atoms with van der Waals surface area (Å²) in [6.07, 6.45) is 2.04. The zero-order valence-corrected chi connectivity index (χ0v) is 20.4. The Morgan fingerprint density at radius 3 is 2.20 bits per heavy atom. The molecule has 2 aliphatic rings. The standard InChI is InChI=1S/C28H34N2O5/c1-3-18(2)26(27(33)30(15-14-25(31)32)16-19-12-13-19)29-28(34)35-17-24-22-10-6-4-8-20(22)21-9-5-7-11-23(21)24/h4-11,18-19,24,26H,3,12-17H2,1-2H3,(H,29,34)(H,31,32)/t18?,26-/m0/s1. The maximum absolute atomic E-state index is 13.4. The van der Waals surface area contributed by atoms with Gasteiger partial charge in [0, 0.05) is 19.0 Å². The van der Waals surface area contributed by atoms with Gasteiger partial charge in [-0.25, -0.2) is 4.79 Å². The van der Waals surface area contributed by atoms with Crippen molar-refractivity contribution in [2.45, 2.75) is 51.5 Å². The maximum atomic E-state index is 13.4. The second-order valence-corrected chi connectivity index (χ2v) is 9.70. The summed E-state index contributed by atoms with van der Waals surface area (Å²) in [5, 5.41) is 11.9. The molecular weight excluding hydrogens is 444 g/mol. The van der Waals surface area contributed by atoms with Gasteiger partial charge in [-0.3, -0.25) is 9.59 Å². The number of carbonyl (C=O) groups is 3. The summed E-state index contributed by atoms with van der Waals surface area (Å²) in [5.74, 6) is -0.939. The van der Waals surface area contributed by atoms with E-state index in [1.54, 1.807) is 4.90 Å². The summed E-state index contributed by atoms with van der Waals surface area (Å²) in [6, 6.07) is 15.5. The first kappa shape index (κ1) is 24.8. The van der Waals surface area contributed by atoms with Gasteiger partial charge in [0.1, 0.15) is 12.6 Å². The largest absolute Gasteiger partial charge is 0.481 e. The van der Waals surface area contributed by atoms with E-state index in [1.807, 2.05) is 38.1 Å². The van der Waals surface area contributed by atoms with Crippen molar-refractivity contribution in [2.75, 3.05) is 19.7 Å². The number of benzene rings is 2. The van der Waals surface area contributed by atoms with Crippen molar-refractivity contribution in [2.24, 2.45) is 11.8 Å². The molecule has 2 aromatic carbocycles. The topological polar surface area (TPSA) is 95.9 Å². The van der Waals surface area contributed by atoms with E-state index >= 15 is 0 Å². The van der Waals surface area contributed by atoms with Crippen molar-refractivity contribution in [3.05, 3.63) is 59.7 Å². The number of hydrogen-bond acceptors (Lipinski definition) is 4. The van der Waals surface area contributed by atoms with Gasteiger partial charge >= 0.3 is 12.1 Å². The first-order chi connectivity index (χ1) is 16.9. The number of nitrogens with zero attached hydrogens (tertiary/aromatic N) is 1. The molecule has 2 aliphatic carbocycles.